The van der Waals surface area contributed by atoms with E-state index in [0.29, 0.717) is 33.7 Å². The van der Waals surface area contributed by atoms with Crippen LogP contribution in [0, 0.1) is 6.92 Å². The van der Waals surface area contributed by atoms with Crippen molar-refractivity contribution in [2.24, 2.45) is 0 Å². The summed E-state index contributed by atoms with van der Waals surface area (Å²) in [5, 5.41) is 21.6. The van der Waals surface area contributed by atoms with Crippen LogP contribution in [0.1, 0.15) is 34.5 Å². The normalized spacial score (nSPS) is 11.9. The summed E-state index contributed by atoms with van der Waals surface area (Å²) in [6.45, 7) is 3.78. The van der Waals surface area contributed by atoms with Gasteiger partial charge in [0.05, 0.1) is 36.0 Å². The van der Waals surface area contributed by atoms with Crippen molar-refractivity contribution in [1.29, 1.82) is 0 Å². The topological polar surface area (TPSA) is 119 Å². The second kappa shape index (κ2) is 9.62. The van der Waals surface area contributed by atoms with E-state index in [0.717, 1.165) is 11.3 Å². The molecule has 186 valence electrons. The van der Waals surface area contributed by atoms with Gasteiger partial charge in [0, 0.05) is 23.4 Å². The van der Waals surface area contributed by atoms with Gasteiger partial charge in [-0.15, -0.1) is 5.10 Å². The third-order valence-corrected chi connectivity index (χ3v) is 6.06. The molecule has 9 nitrogen and oxygen atoms in total. The van der Waals surface area contributed by atoms with Gasteiger partial charge in [0.2, 0.25) is 0 Å². The van der Waals surface area contributed by atoms with E-state index in [1.165, 1.54) is 12.1 Å². The lowest BCUT2D eigenvalue weighted by molar-refractivity contribution is 0.0698. The molecule has 0 amide bonds. The first-order valence-electron chi connectivity index (χ1n) is 11.6. The van der Waals surface area contributed by atoms with E-state index in [1.807, 2.05) is 44.2 Å². The number of nitrogens with one attached hydrogen (secondary N) is 1. The van der Waals surface area contributed by atoms with Crippen LogP contribution in [0.5, 0.6) is 5.75 Å². The van der Waals surface area contributed by atoms with Crippen LogP contribution in [0.15, 0.2) is 82.1 Å². The molecule has 3 aromatic carbocycles. The maximum absolute atomic E-state index is 13.1. The summed E-state index contributed by atoms with van der Waals surface area (Å²) in [5.74, 6) is -0.0787. The molecule has 9 heteroatoms. The Labute approximate surface area is 211 Å². The van der Waals surface area contributed by atoms with Gasteiger partial charge in [-0.05, 0) is 49.7 Å². The van der Waals surface area contributed by atoms with E-state index < -0.39 is 5.97 Å². The van der Waals surface area contributed by atoms with Gasteiger partial charge >= 0.3 is 5.97 Å². The lowest BCUT2D eigenvalue weighted by Gasteiger charge is -2.19. The van der Waals surface area contributed by atoms with Gasteiger partial charge in [0.1, 0.15) is 17.0 Å². The number of nitrogens with zero attached hydrogens (tertiary/aromatic N) is 3. The number of para-hydroxylation sites is 1. The minimum absolute atomic E-state index is 0.155. The van der Waals surface area contributed by atoms with Gasteiger partial charge < -0.3 is 19.6 Å². The van der Waals surface area contributed by atoms with Crippen molar-refractivity contribution in [3.63, 3.8) is 0 Å². The maximum Gasteiger partial charge on any atom is 0.337 e. The maximum atomic E-state index is 13.1. The number of aromatic carboxylic acids is 1. The summed E-state index contributed by atoms with van der Waals surface area (Å²) in [6.07, 6.45) is 1.68. The molecule has 0 aliphatic rings. The Kier molecular flexibility index (Phi) is 6.19. The van der Waals surface area contributed by atoms with Crippen molar-refractivity contribution >= 4 is 22.6 Å². The van der Waals surface area contributed by atoms with Crippen LogP contribution in [0.3, 0.4) is 0 Å². The van der Waals surface area contributed by atoms with E-state index in [9.17, 15) is 14.7 Å². The van der Waals surface area contributed by atoms with Crippen molar-refractivity contribution in [2.75, 3.05) is 12.4 Å². The van der Waals surface area contributed by atoms with Crippen LogP contribution in [0.25, 0.3) is 28.1 Å². The number of carboxylic acids is 1. The smallest absolute Gasteiger partial charge is 0.337 e. The third-order valence-electron chi connectivity index (χ3n) is 6.06. The summed E-state index contributed by atoms with van der Waals surface area (Å²) in [6, 6.07) is 18.8. The number of fused-ring (bicyclic) bond motifs is 1. The van der Waals surface area contributed by atoms with Crippen LogP contribution in [0.2, 0.25) is 0 Å². The molecule has 5 aromatic rings. The molecule has 0 saturated carbocycles. The number of carbonyl (C=O) groups is 1. The van der Waals surface area contributed by atoms with E-state index in [4.69, 9.17) is 9.15 Å². The molecule has 0 fully saturated rings. The second-order valence-corrected chi connectivity index (χ2v) is 8.67. The SMILES string of the molecule is COc1cccc(-n2cc(-c3cc(=O)c4cc(C)cc([C@@H](C)Nc5ccccc5C(=O)O)c4o3)nn2)c1. The number of aromatic nitrogens is 3. The lowest BCUT2D eigenvalue weighted by atomic mass is 10.0. The molecule has 37 heavy (non-hydrogen) atoms. The molecule has 2 N–H and O–H groups in total. The molecule has 1 atom stereocenters. The number of anilines is 1. The standard InChI is InChI=1S/C28H24N4O5/c1-16-11-21(17(2)29-23-10-5-4-9-20(23)28(34)35)27-22(12-16)25(33)14-26(37-27)24-15-32(31-30-24)18-7-6-8-19(13-18)36-3/h4-15,17,29H,1-3H3,(H,34,35)/t17-/m1/s1. The number of carboxylic acid groups (broad SMARTS) is 1. The monoisotopic (exact) mass is 496 g/mol. The predicted octanol–water partition coefficient (Wildman–Crippen LogP) is 5.23. The molecule has 0 bridgehead atoms. The van der Waals surface area contributed by atoms with Crippen LogP contribution < -0.4 is 15.5 Å². The Bertz CT molecular complexity index is 1690. The van der Waals surface area contributed by atoms with Gasteiger partial charge in [0.25, 0.3) is 0 Å². The Hall–Kier alpha value is -4.92. The third kappa shape index (κ3) is 4.66. The molecule has 0 unspecified atom stereocenters. The zero-order chi connectivity index (χ0) is 26.1. The average Bonchev–Trinajstić information content (AvgIpc) is 3.39. The summed E-state index contributed by atoms with van der Waals surface area (Å²) < 4.78 is 13.1. The highest BCUT2D eigenvalue weighted by atomic mass is 16.5. The van der Waals surface area contributed by atoms with Crippen LogP contribution in [-0.4, -0.2) is 33.2 Å². The largest absolute Gasteiger partial charge is 0.497 e. The van der Waals surface area contributed by atoms with E-state index >= 15 is 0 Å². The molecule has 5 rings (SSSR count). The Balaban J connectivity index is 1.57. The highest BCUT2D eigenvalue weighted by Gasteiger charge is 2.19. The molecule has 2 heterocycles. The first-order valence-corrected chi connectivity index (χ1v) is 11.6. The number of hydrogen-bond donors (Lipinski definition) is 2. The van der Waals surface area contributed by atoms with Crippen molar-refractivity contribution < 1.29 is 19.1 Å². The summed E-state index contributed by atoms with van der Waals surface area (Å²) in [5.41, 5.74) is 3.55. The fraction of sp³-hybridized carbons (Fsp3) is 0.143. The fourth-order valence-electron chi connectivity index (χ4n) is 4.24. The number of methoxy groups -OCH3 is 1. The molecule has 0 saturated heterocycles. The molecule has 2 aromatic heterocycles. The number of aryl methyl sites for hydroxylation is 1. The highest BCUT2D eigenvalue weighted by Crippen LogP contribution is 2.31. The highest BCUT2D eigenvalue weighted by molar-refractivity contribution is 5.94. The Morgan fingerprint density at radius 3 is 2.70 bits per heavy atom. The molecular weight excluding hydrogens is 472 g/mol. The predicted molar refractivity (Wildman–Crippen MR) is 140 cm³/mol. The summed E-state index contributed by atoms with van der Waals surface area (Å²) >= 11 is 0. The van der Waals surface area contributed by atoms with Crippen molar-refractivity contribution in [3.8, 4) is 22.9 Å². The molecule has 0 radical (unpaired) electrons. The quantitative estimate of drug-likeness (QED) is 0.314. The molecule has 0 aliphatic carbocycles. The van der Waals surface area contributed by atoms with E-state index in [1.54, 1.807) is 42.3 Å². The minimum atomic E-state index is -1.03. The lowest BCUT2D eigenvalue weighted by Crippen LogP contribution is -2.12. The van der Waals surface area contributed by atoms with Gasteiger partial charge in [-0.2, -0.15) is 0 Å². The number of benzene rings is 3. The van der Waals surface area contributed by atoms with Crippen molar-refractivity contribution in [2.45, 2.75) is 19.9 Å². The number of ether oxygens (including phenoxy) is 1. The zero-order valence-corrected chi connectivity index (χ0v) is 20.4. The summed E-state index contributed by atoms with van der Waals surface area (Å²) in [7, 11) is 1.59. The van der Waals surface area contributed by atoms with Gasteiger partial charge in [-0.25, -0.2) is 9.48 Å². The Morgan fingerprint density at radius 1 is 1.11 bits per heavy atom. The first-order chi connectivity index (χ1) is 17.8. The Morgan fingerprint density at radius 2 is 1.92 bits per heavy atom. The summed E-state index contributed by atoms with van der Waals surface area (Å²) in [4.78, 5) is 24.8. The van der Waals surface area contributed by atoms with Gasteiger partial charge in [0.15, 0.2) is 11.2 Å². The fourth-order valence-corrected chi connectivity index (χ4v) is 4.24. The van der Waals surface area contributed by atoms with Crippen LogP contribution in [-0.2, 0) is 0 Å². The van der Waals surface area contributed by atoms with Gasteiger partial charge in [-0.3, -0.25) is 4.79 Å². The first kappa shape index (κ1) is 23.8. The minimum Gasteiger partial charge on any atom is -0.497 e. The number of rotatable bonds is 7. The molecular formula is C28H24N4O5. The zero-order valence-electron chi connectivity index (χ0n) is 20.4. The van der Waals surface area contributed by atoms with E-state index in [-0.39, 0.29) is 22.8 Å². The van der Waals surface area contributed by atoms with Crippen LogP contribution in [0.4, 0.5) is 5.69 Å². The van der Waals surface area contributed by atoms with Crippen molar-refractivity contribution in [3.05, 3.63) is 99.8 Å². The second-order valence-electron chi connectivity index (χ2n) is 8.67. The average molecular weight is 497 g/mol. The number of hydrogen-bond acceptors (Lipinski definition) is 7. The molecule has 0 spiro atoms. The van der Waals surface area contributed by atoms with E-state index in [2.05, 4.69) is 15.6 Å². The van der Waals surface area contributed by atoms with Gasteiger partial charge in [-0.1, -0.05) is 29.5 Å². The molecule has 0 aliphatic heterocycles. The van der Waals surface area contributed by atoms with Crippen molar-refractivity contribution in [1.82, 2.24) is 15.0 Å². The van der Waals surface area contributed by atoms with Crippen LogP contribution >= 0.6 is 0 Å².